The molecule has 1 amide bonds. The number of aromatic nitrogens is 1. The molecule has 2 heterocycles. The summed E-state index contributed by atoms with van der Waals surface area (Å²) in [5.74, 6) is 0.423. The molecular formula is C19H29N3O4. The van der Waals surface area contributed by atoms with Crippen molar-refractivity contribution in [1.82, 2.24) is 14.8 Å². The topological polar surface area (TPSA) is 74.9 Å². The summed E-state index contributed by atoms with van der Waals surface area (Å²) in [6, 6.07) is 0. The van der Waals surface area contributed by atoms with Crippen LogP contribution in [0.15, 0.2) is 0 Å². The molecule has 1 saturated carbocycles. The van der Waals surface area contributed by atoms with Gasteiger partial charge in [0.25, 0.3) is 5.91 Å². The number of hydrogen-bond donors (Lipinski definition) is 1. The van der Waals surface area contributed by atoms with Crippen molar-refractivity contribution in [2.75, 3.05) is 53.0 Å². The number of nitrogens with zero attached hydrogens (tertiary/aromatic N) is 2. The quantitative estimate of drug-likeness (QED) is 0.588. The molecule has 0 bridgehead atoms. The zero-order valence-corrected chi connectivity index (χ0v) is 16.0. The van der Waals surface area contributed by atoms with E-state index in [0.29, 0.717) is 29.1 Å². The third-order valence-electron chi connectivity index (χ3n) is 5.25. The maximum atomic E-state index is 12.9. The normalized spacial score (nSPS) is 18.2. The fourth-order valence-electron chi connectivity index (χ4n) is 3.52. The van der Waals surface area contributed by atoms with Crippen LogP contribution in [0.1, 0.15) is 44.9 Å². The second kappa shape index (κ2) is 8.22. The summed E-state index contributed by atoms with van der Waals surface area (Å²) in [6.45, 7) is 8.63. The van der Waals surface area contributed by atoms with Crippen LogP contribution in [0.4, 0.5) is 0 Å². The Balaban J connectivity index is 1.62. The van der Waals surface area contributed by atoms with Gasteiger partial charge in [-0.25, -0.2) is 4.79 Å². The number of aryl methyl sites for hydroxylation is 1. The molecular weight excluding hydrogens is 334 g/mol. The minimum absolute atomic E-state index is 0.0346. The highest BCUT2D eigenvalue weighted by molar-refractivity contribution is 6.00. The molecule has 1 aliphatic carbocycles. The van der Waals surface area contributed by atoms with E-state index in [1.165, 1.54) is 19.4 Å². The van der Waals surface area contributed by atoms with E-state index in [1.54, 1.807) is 21.0 Å². The van der Waals surface area contributed by atoms with E-state index < -0.39 is 5.97 Å². The number of carbonyl (C=O) groups excluding carboxylic acids is 2. The van der Waals surface area contributed by atoms with Gasteiger partial charge in [0.05, 0.1) is 12.2 Å². The summed E-state index contributed by atoms with van der Waals surface area (Å²) in [7, 11) is 1.56. The number of hydrogen-bond acceptors (Lipinski definition) is 5. The number of esters is 1. The van der Waals surface area contributed by atoms with Crippen molar-refractivity contribution in [3.63, 3.8) is 0 Å². The van der Waals surface area contributed by atoms with Gasteiger partial charge >= 0.3 is 5.97 Å². The first kappa shape index (κ1) is 18.9. The van der Waals surface area contributed by atoms with Gasteiger partial charge in [-0.15, -0.1) is 0 Å². The highest BCUT2D eigenvalue weighted by Gasteiger charge is 2.30. The number of methoxy groups -OCH3 is 1. The van der Waals surface area contributed by atoms with Crippen molar-refractivity contribution in [3.8, 4) is 0 Å². The van der Waals surface area contributed by atoms with Gasteiger partial charge in [-0.1, -0.05) is 0 Å². The largest absolute Gasteiger partial charge is 0.460 e. The standard InChI is InChI=1S/C19H29N3O4/c1-13-16(19(24)26-11-10-25-3)14(2)20-17(13)18(23)22-8-6-21(7-9-22)12-15-4-5-15/h15,20H,4-12H2,1-3H3. The van der Waals surface area contributed by atoms with Crippen molar-refractivity contribution in [3.05, 3.63) is 22.5 Å². The number of amides is 1. The monoisotopic (exact) mass is 363 g/mol. The number of ether oxygens (including phenoxy) is 2. The van der Waals surface area contributed by atoms with Crippen molar-refractivity contribution in [2.45, 2.75) is 26.7 Å². The number of carbonyl (C=O) groups is 2. The van der Waals surface area contributed by atoms with Gasteiger partial charge in [0.15, 0.2) is 0 Å². The Morgan fingerprint density at radius 3 is 2.42 bits per heavy atom. The maximum absolute atomic E-state index is 12.9. The minimum Gasteiger partial charge on any atom is -0.460 e. The zero-order valence-electron chi connectivity index (χ0n) is 16.0. The first-order chi connectivity index (χ1) is 12.5. The van der Waals surface area contributed by atoms with Gasteiger partial charge < -0.3 is 19.4 Å². The summed E-state index contributed by atoms with van der Waals surface area (Å²) in [5, 5.41) is 0. The van der Waals surface area contributed by atoms with Gasteiger partial charge in [-0.3, -0.25) is 9.69 Å². The second-order valence-corrected chi connectivity index (χ2v) is 7.29. The van der Waals surface area contributed by atoms with Crippen molar-refractivity contribution >= 4 is 11.9 Å². The lowest BCUT2D eigenvalue weighted by Crippen LogP contribution is -2.49. The first-order valence-electron chi connectivity index (χ1n) is 9.38. The van der Waals surface area contributed by atoms with E-state index in [2.05, 4.69) is 9.88 Å². The zero-order chi connectivity index (χ0) is 18.7. The molecule has 0 spiro atoms. The summed E-state index contributed by atoms with van der Waals surface area (Å²) in [6.07, 6.45) is 2.70. The van der Waals surface area contributed by atoms with Crippen molar-refractivity contribution in [2.24, 2.45) is 5.92 Å². The molecule has 26 heavy (non-hydrogen) atoms. The molecule has 0 aromatic carbocycles. The summed E-state index contributed by atoms with van der Waals surface area (Å²) in [4.78, 5) is 32.6. The van der Waals surface area contributed by atoms with E-state index in [-0.39, 0.29) is 12.5 Å². The molecule has 0 atom stereocenters. The SMILES string of the molecule is COCCOC(=O)c1c(C)[nH]c(C(=O)N2CCN(CC3CC3)CC2)c1C. The molecule has 0 radical (unpaired) electrons. The van der Waals surface area contributed by atoms with Crippen LogP contribution in [0, 0.1) is 19.8 Å². The van der Waals surface area contributed by atoms with Gasteiger partial charge in [-0.2, -0.15) is 0 Å². The molecule has 1 aromatic heterocycles. The van der Waals surface area contributed by atoms with Gasteiger partial charge in [0.1, 0.15) is 12.3 Å². The van der Waals surface area contributed by atoms with Crippen LogP contribution in [0.3, 0.4) is 0 Å². The molecule has 1 saturated heterocycles. The molecule has 1 aliphatic heterocycles. The van der Waals surface area contributed by atoms with Crippen LogP contribution in [-0.4, -0.2) is 79.7 Å². The Labute approximate surface area is 154 Å². The van der Waals surface area contributed by atoms with Crippen LogP contribution in [-0.2, 0) is 9.47 Å². The molecule has 1 N–H and O–H groups in total. The fourth-order valence-corrected chi connectivity index (χ4v) is 3.52. The second-order valence-electron chi connectivity index (χ2n) is 7.29. The fraction of sp³-hybridized carbons (Fsp3) is 0.684. The number of nitrogens with one attached hydrogen (secondary N) is 1. The Morgan fingerprint density at radius 2 is 1.81 bits per heavy atom. The highest BCUT2D eigenvalue weighted by Crippen LogP contribution is 2.30. The predicted molar refractivity (Wildman–Crippen MR) is 97.5 cm³/mol. The van der Waals surface area contributed by atoms with E-state index >= 15 is 0 Å². The molecule has 1 aromatic rings. The van der Waals surface area contributed by atoms with E-state index in [0.717, 1.165) is 32.1 Å². The number of piperazine rings is 1. The van der Waals surface area contributed by atoms with Crippen LogP contribution in [0.2, 0.25) is 0 Å². The van der Waals surface area contributed by atoms with Gasteiger partial charge in [0.2, 0.25) is 0 Å². The van der Waals surface area contributed by atoms with E-state index in [4.69, 9.17) is 9.47 Å². The predicted octanol–water partition coefficient (Wildman–Crippen LogP) is 1.60. The maximum Gasteiger partial charge on any atom is 0.340 e. The number of aromatic amines is 1. The molecule has 2 aliphatic rings. The molecule has 7 nitrogen and oxygen atoms in total. The highest BCUT2D eigenvalue weighted by atomic mass is 16.6. The Morgan fingerprint density at radius 1 is 1.12 bits per heavy atom. The summed E-state index contributed by atoms with van der Waals surface area (Å²) < 4.78 is 10.1. The summed E-state index contributed by atoms with van der Waals surface area (Å²) in [5.41, 5.74) is 2.28. The first-order valence-corrected chi connectivity index (χ1v) is 9.38. The summed E-state index contributed by atoms with van der Waals surface area (Å²) >= 11 is 0. The van der Waals surface area contributed by atoms with Crippen molar-refractivity contribution < 1.29 is 19.1 Å². The third-order valence-corrected chi connectivity index (χ3v) is 5.25. The van der Waals surface area contributed by atoms with Crippen LogP contribution < -0.4 is 0 Å². The smallest absolute Gasteiger partial charge is 0.340 e. The van der Waals surface area contributed by atoms with Gasteiger partial charge in [0, 0.05) is 45.5 Å². The molecule has 3 rings (SSSR count). The lowest BCUT2D eigenvalue weighted by Gasteiger charge is -2.34. The van der Waals surface area contributed by atoms with E-state index in [9.17, 15) is 9.59 Å². The average molecular weight is 363 g/mol. The number of H-pyrrole nitrogens is 1. The molecule has 7 heteroatoms. The van der Waals surface area contributed by atoms with Crippen molar-refractivity contribution in [1.29, 1.82) is 0 Å². The average Bonchev–Trinajstić information content (AvgIpc) is 3.38. The molecule has 144 valence electrons. The molecule has 0 unspecified atom stereocenters. The Kier molecular flexibility index (Phi) is 5.98. The lowest BCUT2D eigenvalue weighted by atomic mass is 10.1. The Bertz CT molecular complexity index is 658. The van der Waals surface area contributed by atoms with Crippen LogP contribution in [0.25, 0.3) is 0 Å². The third kappa shape index (κ3) is 4.27. The molecule has 2 fully saturated rings. The Hall–Kier alpha value is -1.86. The van der Waals surface area contributed by atoms with Crippen LogP contribution >= 0.6 is 0 Å². The van der Waals surface area contributed by atoms with Crippen LogP contribution in [0.5, 0.6) is 0 Å². The minimum atomic E-state index is -0.415. The van der Waals surface area contributed by atoms with E-state index in [1.807, 2.05) is 4.90 Å². The van der Waals surface area contributed by atoms with Gasteiger partial charge in [-0.05, 0) is 38.2 Å². The number of rotatable bonds is 7. The lowest BCUT2D eigenvalue weighted by molar-refractivity contribution is 0.0387.